The maximum absolute atomic E-state index is 11.8. The molecule has 2 fully saturated rings. The van der Waals surface area contributed by atoms with Gasteiger partial charge < -0.3 is 19.5 Å². The molecule has 1 N–H and O–H groups in total. The van der Waals surface area contributed by atoms with Crippen LogP contribution in [-0.4, -0.2) is 55.8 Å². The third kappa shape index (κ3) is 4.90. The number of hydrogen-bond donors (Lipinski definition) is 1. The maximum atomic E-state index is 11.8. The van der Waals surface area contributed by atoms with E-state index in [0.717, 1.165) is 44.4 Å². The summed E-state index contributed by atoms with van der Waals surface area (Å²) in [6, 6.07) is 0. The van der Waals surface area contributed by atoms with Gasteiger partial charge in [-0.15, -0.1) is 0 Å². The van der Waals surface area contributed by atoms with Crippen LogP contribution < -0.4 is 5.32 Å². The Morgan fingerprint density at radius 2 is 1.88 bits per heavy atom. The predicted molar refractivity (Wildman–Crippen MR) is 107 cm³/mol. The Morgan fingerprint density at radius 1 is 1.27 bits per heavy atom. The summed E-state index contributed by atoms with van der Waals surface area (Å²) in [6.07, 6.45) is 5.06. The maximum Gasteiger partial charge on any atom is 0.491 e. The van der Waals surface area contributed by atoms with E-state index in [1.54, 1.807) is 0 Å². The van der Waals surface area contributed by atoms with E-state index in [9.17, 15) is 4.79 Å². The molecule has 26 heavy (non-hydrogen) atoms. The fraction of sp³-hybridized carbons (Fsp3) is 0.850. The van der Waals surface area contributed by atoms with Crippen LogP contribution in [0.5, 0.6) is 0 Å². The molecule has 5 nitrogen and oxygen atoms in total. The van der Waals surface area contributed by atoms with Crippen LogP contribution in [-0.2, 0) is 14.1 Å². The predicted octanol–water partition coefficient (Wildman–Crippen LogP) is 3.05. The minimum absolute atomic E-state index is 0.303. The molecule has 2 unspecified atom stereocenters. The van der Waals surface area contributed by atoms with Gasteiger partial charge in [-0.05, 0) is 64.9 Å². The van der Waals surface area contributed by atoms with Crippen molar-refractivity contribution >= 4 is 13.0 Å². The second-order valence-corrected chi connectivity index (χ2v) is 8.97. The number of hydrogen-bond acceptors (Lipinski definition) is 4. The van der Waals surface area contributed by atoms with Gasteiger partial charge in [0.25, 0.3) is 0 Å². The van der Waals surface area contributed by atoms with Crippen molar-refractivity contribution in [2.75, 3.05) is 26.7 Å². The van der Waals surface area contributed by atoms with Crippen molar-refractivity contribution < 1.29 is 14.1 Å². The Balaban J connectivity index is 1.99. The molecular formula is C20H37BN2O3. The minimum atomic E-state index is -0.324. The molecule has 0 aromatic carbocycles. The molecule has 0 spiro atoms. The highest BCUT2D eigenvalue weighted by Crippen LogP contribution is 2.38. The Hall–Kier alpha value is -0.845. The largest absolute Gasteiger partial charge is 0.491 e. The van der Waals surface area contributed by atoms with Gasteiger partial charge in [0.1, 0.15) is 0 Å². The molecule has 0 radical (unpaired) electrons. The third-order valence-corrected chi connectivity index (χ3v) is 6.34. The minimum Gasteiger partial charge on any atom is -0.400 e. The Labute approximate surface area is 160 Å². The van der Waals surface area contributed by atoms with Gasteiger partial charge in [-0.3, -0.25) is 4.79 Å². The number of nitrogens with zero attached hydrogens (tertiary/aromatic N) is 1. The van der Waals surface area contributed by atoms with Crippen LogP contribution in [0.4, 0.5) is 0 Å². The van der Waals surface area contributed by atoms with Gasteiger partial charge in [0.2, 0.25) is 5.91 Å². The average Bonchev–Trinajstić information content (AvgIpc) is 3.04. The molecule has 2 aliphatic heterocycles. The summed E-state index contributed by atoms with van der Waals surface area (Å²) in [6.45, 7) is 15.4. The molecular weight excluding hydrogens is 327 g/mol. The van der Waals surface area contributed by atoms with Gasteiger partial charge in [-0.25, -0.2) is 0 Å². The lowest BCUT2D eigenvalue weighted by Crippen LogP contribution is -2.41. The monoisotopic (exact) mass is 364 g/mol. The van der Waals surface area contributed by atoms with Crippen molar-refractivity contribution in [1.82, 2.24) is 10.2 Å². The Bertz CT molecular complexity index is 517. The number of allylic oxidation sites excluding steroid dienone is 1. The van der Waals surface area contributed by atoms with Crippen LogP contribution in [0.1, 0.15) is 60.8 Å². The number of nitrogens with one attached hydrogen (secondary N) is 1. The summed E-state index contributed by atoms with van der Waals surface area (Å²) >= 11 is 0. The SMILES string of the molecule is CNCC(=CC(C)C(C)CCN1CCCC1=O)B1OC(C)(C)C(C)(C)O1. The van der Waals surface area contributed by atoms with Crippen molar-refractivity contribution in [2.24, 2.45) is 11.8 Å². The smallest absolute Gasteiger partial charge is 0.400 e. The number of carbonyl (C=O) groups is 1. The van der Waals surface area contributed by atoms with E-state index < -0.39 is 0 Å². The quantitative estimate of drug-likeness (QED) is 0.673. The highest BCUT2D eigenvalue weighted by molar-refractivity contribution is 6.54. The standard InChI is InChI=1S/C20H37BN2O3/c1-15(10-12-23-11-8-9-18(23)24)16(2)13-17(14-22-7)21-25-19(3,4)20(5,6)26-21/h13,15-16,22H,8-12,14H2,1-7H3. The second kappa shape index (κ2) is 8.45. The summed E-state index contributed by atoms with van der Waals surface area (Å²) in [5, 5.41) is 3.25. The molecule has 2 rings (SSSR count). The van der Waals surface area contributed by atoms with E-state index in [0.29, 0.717) is 17.7 Å². The molecule has 0 saturated carbocycles. The van der Waals surface area contributed by atoms with Gasteiger partial charge in [-0.2, -0.15) is 0 Å². The van der Waals surface area contributed by atoms with Crippen LogP contribution in [0.15, 0.2) is 11.5 Å². The highest BCUT2D eigenvalue weighted by atomic mass is 16.7. The fourth-order valence-electron chi connectivity index (χ4n) is 3.48. The summed E-state index contributed by atoms with van der Waals surface area (Å²) in [7, 11) is 1.65. The normalized spacial score (nSPS) is 25.0. The van der Waals surface area contributed by atoms with Gasteiger partial charge in [-0.1, -0.05) is 19.9 Å². The van der Waals surface area contributed by atoms with Gasteiger partial charge >= 0.3 is 7.12 Å². The molecule has 2 heterocycles. The van der Waals surface area contributed by atoms with Crippen LogP contribution in [0.3, 0.4) is 0 Å². The zero-order valence-corrected chi connectivity index (χ0v) is 17.7. The molecule has 0 aromatic rings. The second-order valence-electron chi connectivity index (χ2n) is 8.97. The zero-order valence-electron chi connectivity index (χ0n) is 17.7. The third-order valence-electron chi connectivity index (χ3n) is 6.34. The van der Waals surface area contributed by atoms with E-state index in [1.807, 2.05) is 11.9 Å². The number of likely N-dealkylation sites (N-methyl/N-ethyl adjacent to an activating group) is 1. The Kier molecular flexibility index (Phi) is 6.97. The Morgan fingerprint density at radius 3 is 2.38 bits per heavy atom. The highest BCUT2D eigenvalue weighted by Gasteiger charge is 2.52. The summed E-state index contributed by atoms with van der Waals surface area (Å²) in [4.78, 5) is 13.8. The first kappa shape index (κ1) is 21.5. The average molecular weight is 364 g/mol. The summed E-state index contributed by atoms with van der Waals surface area (Å²) in [5.41, 5.74) is 0.507. The molecule has 2 atom stereocenters. The molecule has 0 bridgehead atoms. The van der Waals surface area contributed by atoms with E-state index >= 15 is 0 Å². The molecule has 0 aliphatic carbocycles. The lowest BCUT2D eigenvalue weighted by atomic mass is 9.75. The number of amides is 1. The molecule has 148 valence electrons. The topological polar surface area (TPSA) is 50.8 Å². The zero-order chi connectivity index (χ0) is 19.5. The first-order valence-corrected chi connectivity index (χ1v) is 10.1. The van der Waals surface area contributed by atoms with Gasteiger partial charge in [0.05, 0.1) is 11.2 Å². The van der Waals surface area contributed by atoms with Crippen LogP contribution in [0.25, 0.3) is 0 Å². The lowest BCUT2D eigenvalue weighted by Gasteiger charge is -2.32. The first-order valence-electron chi connectivity index (χ1n) is 10.1. The summed E-state index contributed by atoms with van der Waals surface area (Å²) < 4.78 is 12.5. The van der Waals surface area contributed by atoms with Gasteiger partial charge in [0.15, 0.2) is 0 Å². The van der Waals surface area contributed by atoms with E-state index in [4.69, 9.17) is 9.31 Å². The first-order chi connectivity index (χ1) is 12.1. The van der Waals surface area contributed by atoms with E-state index in [1.165, 1.54) is 0 Å². The number of rotatable bonds is 8. The van der Waals surface area contributed by atoms with Crippen molar-refractivity contribution in [3.8, 4) is 0 Å². The van der Waals surface area contributed by atoms with E-state index in [-0.39, 0.29) is 18.3 Å². The summed E-state index contributed by atoms with van der Waals surface area (Å²) in [5.74, 6) is 1.21. The number of carbonyl (C=O) groups excluding carboxylic acids is 1. The lowest BCUT2D eigenvalue weighted by molar-refractivity contribution is -0.127. The van der Waals surface area contributed by atoms with Crippen LogP contribution in [0.2, 0.25) is 0 Å². The molecule has 6 heteroatoms. The van der Waals surface area contributed by atoms with E-state index in [2.05, 4.69) is 52.9 Å². The van der Waals surface area contributed by atoms with Crippen molar-refractivity contribution in [2.45, 2.75) is 72.0 Å². The molecule has 2 saturated heterocycles. The fourth-order valence-corrected chi connectivity index (χ4v) is 3.48. The van der Waals surface area contributed by atoms with Crippen molar-refractivity contribution in [1.29, 1.82) is 0 Å². The number of likely N-dealkylation sites (tertiary alicyclic amines) is 1. The van der Waals surface area contributed by atoms with Crippen molar-refractivity contribution in [3.63, 3.8) is 0 Å². The molecule has 2 aliphatic rings. The molecule has 1 amide bonds. The van der Waals surface area contributed by atoms with Crippen LogP contribution in [0, 0.1) is 11.8 Å². The van der Waals surface area contributed by atoms with Crippen LogP contribution >= 0.6 is 0 Å². The molecule has 0 aromatic heterocycles. The van der Waals surface area contributed by atoms with Crippen molar-refractivity contribution in [3.05, 3.63) is 11.5 Å². The van der Waals surface area contributed by atoms with Gasteiger partial charge in [0, 0.05) is 26.1 Å².